The molecule has 1 fully saturated rings. The molecule has 3 rings (SSSR count). The molecular formula is C20H22O2. The predicted molar refractivity (Wildman–Crippen MR) is 89.6 cm³/mol. The average Bonchev–Trinajstić information content (AvgIpc) is 2.55. The summed E-state index contributed by atoms with van der Waals surface area (Å²) >= 11 is 0. The third kappa shape index (κ3) is 2.78. The number of benzene rings is 2. The lowest BCUT2D eigenvalue weighted by Crippen LogP contribution is -2.35. The summed E-state index contributed by atoms with van der Waals surface area (Å²) in [4.78, 5) is 12.1. The molecule has 2 heteroatoms. The van der Waals surface area contributed by atoms with Crippen LogP contribution in [0, 0.1) is 0 Å². The molecule has 0 atom stereocenters. The molecule has 0 aliphatic heterocycles. The van der Waals surface area contributed by atoms with E-state index >= 15 is 0 Å². The van der Waals surface area contributed by atoms with Crippen LogP contribution < -0.4 is 0 Å². The highest BCUT2D eigenvalue weighted by molar-refractivity contribution is 5.87. The van der Waals surface area contributed by atoms with Crippen molar-refractivity contribution < 1.29 is 9.53 Å². The minimum atomic E-state index is -0.488. The number of carbonyl (C=O) groups excluding carboxylic acids is 1. The summed E-state index contributed by atoms with van der Waals surface area (Å²) in [5.74, 6) is -0.282. The first-order chi connectivity index (χ1) is 10.6. The molecule has 2 aromatic carbocycles. The quantitative estimate of drug-likeness (QED) is 0.580. The maximum Gasteiger partial charge on any atom is 0.333 e. The van der Waals surface area contributed by atoms with Gasteiger partial charge >= 0.3 is 5.97 Å². The van der Waals surface area contributed by atoms with Gasteiger partial charge in [-0.05, 0) is 55.0 Å². The first-order valence-electron chi connectivity index (χ1n) is 7.99. The number of rotatable bonds is 3. The van der Waals surface area contributed by atoms with Gasteiger partial charge in [0.15, 0.2) is 0 Å². The molecule has 0 amide bonds. The van der Waals surface area contributed by atoms with Gasteiger partial charge in [-0.25, -0.2) is 4.79 Å². The Hall–Kier alpha value is -2.09. The summed E-state index contributed by atoms with van der Waals surface area (Å²) in [6.45, 7) is 5.43. The smallest absolute Gasteiger partial charge is 0.333 e. The van der Waals surface area contributed by atoms with E-state index in [0.717, 1.165) is 31.2 Å². The topological polar surface area (TPSA) is 26.3 Å². The SMILES string of the molecule is C=C(C)C(=O)OC1(c2ccc3ccccc3c2)CCCCC1. The van der Waals surface area contributed by atoms with Gasteiger partial charge in [0.1, 0.15) is 5.60 Å². The molecule has 0 heterocycles. The van der Waals surface area contributed by atoms with E-state index < -0.39 is 5.60 Å². The summed E-state index contributed by atoms with van der Waals surface area (Å²) < 4.78 is 5.94. The minimum Gasteiger partial charge on any atom is -0.451 e. The summed E-state index contributed by atoms with van der Waals surface area (Å²) in [7, 11) is 0. The molecule has 22 heavy (non-hydrogen) atoms. The summed E-state index contributed by atoms with van der Waals surface area (Å²) in [5, 5.41) is 2.40. The highest BCUT2D eigenvalue weighted by Crippen LogP contribution is 2.41. The first-order valence-corrected chi connectivity index (χ1v) is 7.99. The van der Waals surface area contributed by atoms with E-state index in [-0.39, 0.29) is 5.97 Å². The normalized spacial score (nSPS) is 17.1. The Morgan fingerprint density at radius 3 is 2.41 bits per heavy atom. The third-order valence-corrected chi connectivity index (χ3v) is 4.57. The molecule has 2 aromatic rings. The van der Waals surface area contributed by atoms with Crippen LogP contribution in [0.4, 0.5) is 0 Å². The zero-order chi connectivity index (χ0) is 15.6. The van der Waals surface area contributed by atoms with Crippen LogP contribution in [0.15, 0.2) is 54.6 Å². The van der Waals surface area contributed by atoms with Crippen molar-refractivity contribution >= 4 is 16.7 Å². The molecule has 1 saturated carbocycles. The van der Waals surface area contributed by atoms with Gasteiger partial charge in [0.25, 0.3) is 0 Å². The number of fused-ring (bicyclic) bond motifs is 1. The largest absolute Gasteiger partial charge is 0.451 e. The van der Waals surface area contributed by atoms with E-state index in [1.807, 2.05) is 12.1 Å². The van der Waals surface area contributed by atoms with Crippen LogP contribution in [0.25, 0.3) is 10.8 Å². The maximum atomic E-state index is 12.1. The highest BCUT2D eigenvalue weighted by atomic mass is 16.6. The van der Waals surface area contributed by atoms with Gasteiger partial charge in [0.2, 0.25) is 0 Å². The molecule has 0 saturated heterocycles. The Labute approximate surface area is 131 Å². The zero-order valence-electron chi connectivity index (χ0n) is 13.1. The van der Waals surface area contributed by atoms with E-state index in [9.17, 15) is 4.79 Å². The van der Waals surface area contributed by atoms with Gasteiger partial charge in [-0.15, -0.1) is 0 Å². The molecule has 1 aliphatic carbocycles. The number of ether oxygens (including phenoxy) is 1. The van der Waals surface area contributed by atoms with E-state index in [1.54, 1.807) is 6.92 Å². The van der Waals surface area contributed by atoms with Gasteiger partial charge in [-0.2, -0.15) is 0 Å². The van der Waals surface area contributed by atoms with Crippen molar-refractivity contribution in [1.82, 2.24) is 0 Å². The molecule has 0 N–H and O–H groups in total. The molecule has 114 valence electrons. The molecule has 1 aliphatic rings. The van der Waals surface area contributed by atoms with Gasteiger partial charge in [0, 0.05) is 5.57 Å². The highest BCUT2D eigenvalue weighted by Gasteiger charge is 2.38. The second-order valence-corrected chi connectivity index (χ2v) is 6.29. The minimum absolute atomic E-state index is 0.282. The Kier molecular flexibility index (Phi) is 4.02. The van der Waals surface area contributed by atoms with Crippen molar-refractivity contribution in [3.63, 3.8) is 0 Å². The van der Waals surface area contributed by atoms with Crippen LogP contribution >= 0.6 is 0 Å². The molecule has 0 bridgehead atoms. The summed E-state index contributed by atoms with van der Waals surface area (Å²) in [6.07, 6.45) is 5.18. The lowest BCUT2D eigenvalue weighted by Gasteiger charge is -2.37. The van der Waals surface area contributed by atoms with Gasteiger partial charge in [-0.1, -0.05) is 49.4 Å². The monoisotopic (exact) mass is 294 g/mol. The third-order valence-electron chi connectivity index (χ3n) is 4.57. The number of esters is 1. The zero-order valence-corrected chi connectivity index (χ0v) is 13.1. The van der Waals surface area contributed by atoms with Crippen molar-refractivity contribution in [2.24, 2.45) is 0 Å². The molecule has 0 unspecified atom stereocenters. The Morgan fingerprint density at radius 2 is 1.73 bits per heavy atom. The number of carbonyl (C=O) groups is 1. The van der Waals surface area contributed by atoms with Crippen molar-refractivity contribution in [2.75, 3.05) is 0 Å². The predicted octanol–water partition coefficient (Wildman–Crippen LogP) is 5.12. The van der Waals surface area contributed by atoms with E-state index in [2.05, 4.69) is 36.9 Å². The second kappa shape index (κ2) is 5.96. The standard InChI is InChI=1S/C20H22O2/c1-15(2)19(21)22-20(12-6-3-7-13-20)18-11-10-16-8-4-5-9-17(16)14-18/h4-5,8-11,14H,1,3,6-7,12-13H2,2H3. The lowest BCUT2D eigenvalue weighted by molar-refractivity contribution is -0.160. The number of hydrogen-bond donors (Lipinski definition) is 0. The Bertz CT molecular complexity index is 708. The van der Waals surface area contributed by atoms with Crippen LogP contribution in [0.1, 0.15) is 44.6 Å². The second-order valence-electron chi connectivity index (χ2n) is 6.29. The molecular weight excluding hydrogens is 272 g/mol. The van der Waals surface area contributed by atoms with Crippen LogP contribution in [0.2, 0.25) is 0 Å². The van der Waals surface area contributed by atoms with Gasteiger partial charge in [0.05, 0.1) is 0 Å². The van der Waals surface area contributed by atoms with Crippen LogP contribution in [-0.4, -0.2) is 5.97 Å². The Morgan fingerprint density at radius 1 is 1.05 bits per heavy atom. The van der Waals surface area contributed by atoms with Crippen LogP contribution in [0.5, 0.6) is 0 Å². The average molecular weight is 294 g/mol. The summed E-state index contributed by atoms with van der Waals surface area (Å²) in [5.41, 5.74) is 1.09. The fourth-order valence-corrected chi connectivity index (χ4v) is 3.31. The maximum absolute atomic E-state index is 12.1. The van der Waals surface area contributed by atoms with Crippen molar-refractivity contribution in [3.8, 4) is 0 Å². The molecule has 0 aromatic heterocycles. The van der Waals surface area contributed by atoms with E-state index in [1.165, 1.54) is 17.2 Å². The summed E-state index contributed by atoms with van der Waals surface area (Å²) in [6, 6.07) is 14.7. The Balaban J connectivity index is 2.03. The first kappa shape index (κ1) is 14.8. The van der Waals surface area contributed by atoms with Gasteiger partial charge < -0.3 is 4.74 Å². The van der Waals surface area contributed by atoms with Crippen LogP contribution in [-0.2, 0) is 15.1 Å². The van der Waals surface area contributed by atoms with E-state index in [0.29, 0.717) is 5.57 Å². The van der Waals surface area contributed by atoms with Crippen molar-refractivity contribution in [1.29, 1.82) is 0 Å². The number of hydrogen-bond acceptors (Lipinski definition) is 2. The fourth-order valence-electron chi connectivity index (χ4n) is 3.31. The van der Waals surface area contributed by atoms with Crippen molar-refractivity contribution in [2.45, 2.75) is 44.6 Å². The lowest BCUT2D eigenvalue weighted by atomic mass is 9.79. The van der Waals surface area contributed by atoms with Crippen molar-refractivity contribution in [3.05, 3.63) is 60.2 Å². The van der Waals surface area contributed by atoms with Crippen LogP contribution in [0.3, 0.4) is 0 Å². The fraction of sp³-hybridized carbons (Fsp3) is 0.350. The van der Waals surface area contributed by atoms with E-state index in [4.69, 9.17) is 4.74 Å². The molecule has 0 radical (unpaired) electrons. The molecule has 2 nitrogen and oxygen atoms in total. The molecule has 0 spiro atoms. The van der Waals surface area contributed by atoms with Gasteiger partial charge in [-0.3, -0.25) is 0 Å².